The molecule has 0 saturated heterocycles. The number of H-pyrrole nitrogens is 1. The maximum Gasteiger partial charge on any atom is 0.266 e. The van der Waals surface area contributed by atoms with Crippen LogP contribution in [0.1, 0.15) is 5.69 Å². The number of nitrogens with one attached hydrogen (secondary N) is 2. The van der Waals surface area contributed by atoms with Crippen molar-refractivity contribution >= 4 is 39.2 Å². The number of anilines is 2. The summed E-state index contributed by atoms with van der Waals surface area (Å²) in [4.78, 5) is 18.3. The van der Waals surface area contributed by atoms with Crippen molar-refractivity contribution in [3.63, 3.8) is 0 Å². The quantitative estimate of drug-likeness (QED) is 0.894. The lowest BCUT2D eigenvalue weighted by molar-refractivity contribution is 1.05. The van der Waals surface area contributed by atoms with Crippen LogP contribution in [-0.2, 0) is 0 Å². The van der Waals surface area contributed by atoms with Gasteiger partial charge in [0.1, 0.15) is 4.47 Å². The van der Waals surface area contributed by atoms with Gasteiger partial charge in [-0.15, -0.1) is 0 Å². The molecule has 1 aromatic carbocycles. The highest BCUT2D eigenvalue weighted by Gasteiger charge is 2.04. The fourth-order valence-electron chi connectivity index (χ4n) is 1.30. The van der Waals surface area contributed by atoms with E-state index in [1.807, 2.05) is 0 Å². The first-order valence-electron chi connectivity index (χ1n) is 4.85. The van der Waals surface area contributed by atoms with Crippen LogP contribution < -0.4 is 10.9 Å². The van der Waals surface area contributed by atoms with Crippen LogP contribution >= 0.6 is 27.5 Å². The van der Waals surface area contributed by atoms with Crippen molar-refractivity contribution < 1.29 is 0 Å². The van der Waals surface area contributed by atoms with Crippen LogP contribution in [0, 0.1) is 6.92 Å². The average molecular weight is 315 g/mol. The minimum atomic E-state index is -0.214. The summed E-state index contributed by atoms with van der Waals surface area (Å²) in [6.07, 6.45) is 0. The molecule has 6 heteroatoms. The Morgan fingerprint density at radius 3 is 2.59 bits per heavy atom. The molecule has 0 amide bonds. The van der Waals surface area contributed by atoms with Crippen molar-refractivity contribution in [3.05, 3.63) is 49.8 Å². The molecule has 0 radical (unpaired) electrons. The van der Waals surface area contributed by atoms with Crippen molar-refractivity contribution in [2.45, 2.75) is 6.92 Å². The van der Waals surface area contributed by atoms with Crippen molar-refractivity contribution in [1.29, 1.82) is 0 Å². The Labute approximate surface area is 111 Å². The Morgan fingerprint density at radius 1 is 1.35 bits per heavy atom. The van der Waals surface area contributed by atoms with Gasteiger partial charge in [-0.05, 0) is 47.1 Å². The third-order valence-corrected chi connectivity index (χ3v) is 3.32. The van der Waals surface area contributed by atoms with Crippen LogP contribution in [0.4, 0.5) is 11.6 Å². The second kappa shape index (κ2) is 4.89. The van der Waals surface area contributed by atoms with Crippen LogP contribution in [0.25, 0.3) is 0 Å². The Balaban J connectivity index is 2.30. The Morgan fingerprint density at radius 2 is 2.00 bits per heavy atom. The molecule has 0 aliphatic rings. The fourth-order valence-corrected chi connectivity index (χ4v) is 1.61. The van der Waals surface area contributed by atoms with E-state index >= 15 is 0 Å². The molecule has 88 valence electrons. The summed E-state index contributed by atoms with van der Waals surface area (Å²) in [5, 5.41) is 3.65. The van der Waals surface area contributed by atoms with Gasteiger partial charge in [-0.2, -0.15) is 0 Å². The van der Waals surface area contributed by atoms with E-state index in [0.717, 1.165) is 5.69 Å². The van der Waals surface area contributed by atoms with Crippen LogP contribution in [0.2, 0.25) is 5.02 Å². The number of benzene rings is 1. The van der Waals surface area contributed by atoms with E-state index in [1.54, 1.807) is 31.2 Å². The zero-order valence-electron chi connectivity index (χ0n) is 8.92. The third-order valence-electron chi connectivity index (χ3n) is 2.14. The van der Waals surface area contributed by atoms with E-state index in [0.29, 0.717) is 21.1 Å². The minimum Gasteiger partial charge on any atom is -0.326 e. The van der Waals surface area contributed by atoms with Gasteiger partial charge >= 0.3 is 0 Å². The van der Waals surface area contributed by atoms with E-state index in [9.17, 15) is 4.79 Å². The molecule has 0 fully saturated rings. The molecule has 1 aromatic heterocycles. The molecule has 2 N–H and O–H groups in total. The first kappa shape index (κ1) is 12.1. The van der Waals surface area contributed by atoms with Gasteiger partial charge in [0.05, 0.1) is 5.69 Å². The molecule has 17 heavy (non-hydrogen) atoms. The summed E-state index contributed by atoms with van der Waals surface area (Å²) in [6.45, 7) is 1.76. The normalized spacial score (nSPS) is 10.3. The molecule has 4 nitrogen and oxygen atoms in total. The summed E-state index contributed by atoms with van der Waals surface area (Å²) in [5.41, 5.74) is 1.22. The number of aromatic nitrogens is 2. The molecule has 2 rings (SSSR count). The molecule has 0 spiro atoms. The van der Waals surface area contributed by atoms with Gasteiger partial charge in [-0.25, -0.2) is 4.98 Å². The Kier molecular flexibility index (Phi) is 3.49. The molecular formula is C11H9BrClN3O. The zero-order chi connectivity index (χ0) is 12.4. The Bertz CT molecular complexity index is 595. The molecular weight excluding hydrogens is 305 g/mol. The highest BCUT2D eigenvalue weighted by Crippen LogP contribution is 2.17. The lowest BCUT2D eigenvalue weighted by atomic mass is 10.3. The molecule has 2 aromatic rings. The van der Waals surface area contributed by atoms with Gasteiger partial charge in [0.2, 0.25) is 5.95 Å². The first-order valence-corrected chi connectivity index (χ1v) is 6.02. The van der Waals surface area contributed by atoms with Gasteiger partial charge < -0.3 is 5.32 Å². The first-order chi connectivity index (χ1) is 8.06. The van der Waals surface area contributed by atoms with Crippen LogP contribution in [-0.4, -0.2) is 9.97 Å². The number of nitrogens with zero attached hydrogens (tertiary/aromatic N) is 1. The van der Waals surface area contributed by atoms with E-state index in [4.69, 9.17) is 11.6 Å². The molecule has 0 atom stereocenters. The topological polar surface area (TPSA) is 57.8 Å². The molecule has 0 bridgehead atoms. The molecule has 1 heterocycles. The van der Waals surface area contributed by atoms with E-state index in [1.165, 1.54) is 0 Å². The predicted octanol–water partition coefficient (Wildman–Crippen LogP) is 3.24. The smallest absolute Gasteiger partial charge is 0.266 e. The minimum absolute atomic E-state index is 0.214. The number of halogens is 2. The number of aryl methyl sites for hydroxylation is 1. The number of hydrogen-bond donors (Lipinski definition) is 2. The largest absolute Gasteiger partial charge is 0.326 e. The maximum absolute atomic E-state index is 11.5. The SMILES string of the molecule is Cc1nc(Nc2ccc(Cl)cc2)[nH]c(=O)c1Br. The summed E-state index contributed by atoms with van der Waals surface area (Å²) in [5.74, 6) is 0.401. The maximum atomic E-state index is 11.5. The van der Waals surface area contributed by atoms with Gasteiger partial charge in [0.25, 0.3) is 5.56 Å². The van der Waals surface area contributed by atoms with Crippen molar-refractivity contribution in [2.24, 2.45) is 0 Å². The Hall–Kier alpha value is -1.33. The van der Waals surface area contributed by atoms with Gasteiger partial charge in [-0.3, -0.25) is 9.78 Å². The van der Waals surface area contributed by atoms with Crippen LogP contribution in [0.15, 0.2) is 33.5 Å². The molecule has 0 unspecified atom stereocenters. The average Bonchev–Trinajstić information content (AvgIpc) is 2.29. The van der Waals surface area contributed by atoms with Crippen molar-refractivity contribution in [3.8, 4) is 0 Å². The fraction of sp³-hybridized carbons (Fsp3) is 0.0909. The number of aromatic amines is 1. The number of hydrogen-bond acceptors (Lipinski definition) is 3. The monoisotopic (exact) mass is 313 g/mol. The van der Waals surface area contributed by atoms with Crippen molar-refractivity contribution in [2.75, 3.05) is 5.32 Å². The zero-order valence-corrected chi connectivity index (χ0v) is 11.3. The van der Waals surface area contributed by atoms with Gasteiger partial charge in [0.15, 0.2) is 0 Å². The van der Waals surface area contributed by atoms with Gasteiger partial charge in [0, 0.05) is 10.7 Å². The van der Waals surface area contributed by atoms with E-state index < -0.39 is 0 Å². The standard InChI is InChI=1S/C11H9BrClN3O/c1-6-9(12)10(17)16-11(14-6)15-8-4-2-7(13)3-5-8/h2-5H,1H3,(H2,14,15,16,17). The van der Waals surface area contributed by atoms with Gasteiger partial charge in [-0.1, -0.05) is 11.6 Å². The molecule has 0 aliphatic carbocycles. The lowest BCUT2D eigenvalue weighted by Gasteiger charge is -2.06. The number of rotatable bonds is 2. The highest BCUT2D eigenvalue weighted by atomic mass is 79.9. The lowest BCUT2D eigenvalue weighted by Crippen LogP contribution is -2.13. The summed E-state index contributed by atoms with van der Waals surface area (Å²) in [7, 11) is 0. The summed E-state index contributed by atoms with van der Waals surface area (Å²) < 4.78 is 0.444. The molecule has 0 aliphatic heterocycles. The van der Waals surface area contributed by atoms with Crippen LogP contribution in [0.3, 0.4) is 0 Å². The summed E-state index contributed by atoms with van der Waals surface area (Å²) in [6, 6.07) is 7.13. The third kappa shape index (κ3) is 2.87. The second-order valence-electron chi connectivity index (χ2n) is 3.45. The second-order valence-corrected chi connectivity index (χ2v) is 4.68. The van der Waals surface area contributed by atoms with E-state index in [2.05, 4.69) is 31.2 Å². The highest BCUT2D eigenvalue weighted by molar-refractivity contribution is 9.10. The summed E-state index contributed by atoms with van der Waals surface area (Å²) >= 11 is 8.94. The van der Waals surface area contributed by atoms with Crippen LogP contribution in [0.5, 0.6) is 0 Å². The predicted molar refractivity (Wildman–Crippen MR) is 72.0 cm³/mol. The van der Waals surface area contributed by atoms with Crippen molar-refractivity contribution in [1.82, 2.24) is 9.97 Å². The molecule has 0 saturated carbocycles. The van der Waals surface area contributed by atoms with E-state index in [-0.39, 0.29) is 5.56 Å².